The molecule has 0 aliphatic heterocycles. The van der Waals surface area contributed by atoms with E-state index in [9.17, 15) is 0 Å². The van der Waals surface area contributed by atoms with Crippen LogP contribution in [-0.2, 0) is 0 Å². The van der Waals surface area contributed by atoms with Crippen molar-refractivity contribution in [3.63, 3.8) is 0 Å². The number of hydrogen-bond acceptors (Lipinski definition) is 5. The van der Waals surface area contributed by atoms with Crippen LogP contribution in [-0.4, -0.2) is 27.6 Å². The molecule has 5 nitrogen and oxygen atoms in total. The Bertz CT molecular complexity index is 593. The van der Waals surface area contributed by atoms with Gasteiger partial charge in [-0.05, 0) is 30.5 Å². The summed E-state index contributed by atoms with van der Waals surface area (Å²) in [6, 6.07) is 11.0. The van der Waals surface area contributed by atoms with Gasteiger partial charge >= 0.3 is 6.01 Å². The first-order valence-corrected chi connectivity index (χ1v) is 7.00. The van der Waals surface area contributed by atoms with Gasteiger partial charge in [-0.15, -0.1) is 0 Å². The number of hydrogen-bond donors (Lipinski definition) is 1. The minimum atomic E-state index is 0.142. The molecule has 1 aromatic carbocycles. The average molecular weight is 291 g/mol. The lowest BCUT2D eigenvalue weighted by Gasteiger charge is -2.06. The lowest BCUT2D eigenvalue weighted by Crippen LogP contribution is -2.10. The normalized spacial score (nSPS) is 20.5. The van der Waals surface area contributed by atoms with Crippen LogP contribution in [0, 0.1) is 0 Å². The van der Waals surface area contributed by atoms with Gasteiger partial charge in [0.25, 0.3) is 0 Å². The highest BCUT2D eigenvalue weighted by Crippen LogP contribution is 2.42. The first-order chi connectivity index (χ1) is 9.76. The van der Waals surface area contributed by atoms with Crippen molar-refractivity contribution in [1.29, 1.82) is 0 Å². The van der Waals surface area contributed by atoms with Crippen molar-refractivity contribution in [2.75, 3.05) is 11.9 Å². The summed E-state index contributed by atoms with van der Waals surface area (Å²) in [6.45, 7) is 2.37. The molecule has 1 N–H and O–H groups in total. The van der Waals surface area contributed by atoms with Gasteiger partial charge in [-0.2, -0.15) is 15.0 Å². The maximum atomic E-state index is 5.86. The quantitative estimate of drug-likeness (QED) is 0.917. The highest BCUT2D eigenvalue weighted by molar-refractivity contribution is 6.28. The second-order valence-corrected chi connectivity index (χ2v) is 4.99. The maximum Gasteiger partial charge on any atom is 0.322 e. The first kappa shape index (κ1) is 13.1. The van der Waals surface area contributed by atoms with E-state index >= 15 is 0 Å². The number of benzene rings is 1. The van der Waals surface area contributed by atoms with E-state index in [2.05, 4.69) is 44.5 Å². The van der Waals surface area contributed by atoms with E-state index in [1.807, 2.05) is 13.0 Å². The molecule has 104 valence electrons. The van der Waals surface area contributed by atoms with Crippen molar-refractivity contribution >= 4 is 17.5 Å². The molecule has 1 heterocycles. The lowest BCUT2D eigenvalue weighted by atomic mass is 10.1. The van der Waals surface area contributed by atoms with Crippen molar-refractivity contribution < 1.29 is 4.74 Å². The van der Waals surface area contributed by atoms with E-state index in [-0.39, 0.29) is 11.3 Å². The number of halogens is 1. The zero-order chi connectivity index (χ0) is 13.9. The summed E-state index contributed by atoms with van der Waals surface area (Å²) in [5.74, 6) is 0.971. The third-order valence-corrected chi connectivity index (χ3v) is 3.36. The van der Waals surface area contributed by atoms with Crippen LogP contribution in [0.15, 0.2) is 30.3 Å². The van der Waals surface area contributed by atoms with Crippen molar-refractivity contribution in [3.8, 4) is 6.01 Å². The topological polar surface area (TPSA) is 59.9 Å². The smallest absolute Gasteiger partial charge is 0.322 e. The molecule has 0 radical (unpaired) electrons. The largest absolute Gasteiger partial charge is 0.464 e. The minimum absolute atomic E-state index is 0.142. The molecule has 2 unspecified atom stereocenters. The molecule has 0 bridgehead atoms. The van der Waals surface area contributed by atoms with Crippen molar-refractivity contribution in [1.82, 2.24) is 15.0 Å². The van der Waals surface area contributed by atoms with E-state index in [4.69, 9.17) is 16.3 Å². The van der Waals surface area contributed by atoms with Crippen LogP contribution in [0.25, 0.3) is 0 Å². The van der Waals surface area contributed by atoms with Gasteiger partial charge in [0, 0.05) is 12.0 Å². The standard InChI is InChI=1S/C14H15ClN4O/c1-2-20-14-18-12(15)17-13(19-14)16-11-8-10(11)9-6-4-3-5-7-9/h3-7,10-11H,2,8H2,1H3,(H,16,17,18,19). The zero-order valence-corrected chi connectivity index (χ0v) is 11.8. The van der Waals surface area contributed by atoms with Gasteiger partial charge in [0.1, 0.15) is 0 Å². The Labute approximate surface area is 122 Å². The molecular formula is C14H15ClN4O. The Morgan fingerprint density at radius 2 is 2.05 bits per heavy atom. The van der Waals surface area contributed by atoms with Crippen LogP contribution in [0.4, 0.5) is 5.95 Å². The maximum absolute atomic E-state index is 5.86. The molecule has 2 aromatic rings. The van der Waals surface area contributed by atoms with E-state index in [0.717, 1.165) is 6.42 Å². The SMILES string of the molecule is CCOc1nc(Cl)nc(NC2CC2c2ccccc2)n1. The molecule has 1 saturated carbocycles. The number of ether oxygens (including phenoxy) is 1. The van der Waals surface area contributed by atoms with Gasteiger partial charge in [0.2, 0.25) is 11.2 Å². The van der Waals surface area contributed by atoms with Crippen LogP contribution in [0.1, 0.15) is 24.8 Å². The fourth-order valence-corrected chi connectivity index (χ4v) is 2.33. The Hall–Kier alpha value is -1.88. The van der Waals surface area contributed by atoms with Gasteiger partial charge in [0.15, 0.2) is 0 Å². The number of rotatable bonds is 5. The van der Waals surface area contributed by atoms with Gasteiger partial charge in [0.05, 0.1) is 6.61 Å². The summed E-state index contributed by atoms with van der Waals surface area (Å²) in [4.78, 5) is 12.2. The Kier molecular flexibility index (Phi) is 3.69. The summed E-state index contributed by atoms with van der Waals surface area (Å²) in [7, 11) is 0. The zero-order valence-electron chi connectivity index (χ0n) is 11.1. The number of anilines is 1. The van der Waals surface area contributed by atoms with Crippen LogP contribution in [0.5, 0.6) is 6.01 Å². The second-order valence-electron chi connectivity index (χ2n) is 4.65. The Morgan fingerprint density at radius 3 is 2.80 bits per heavy atom. The van der Waals surface area contributed by atoms with Crippen molar-refractivity contribution in [2.45, 2.75) is 25.3 Å². The third kappa shape index (κ3) is 2.99. The van der Waals surface area contributed by atoms with Gasteiger partial charge in [-0.25, -0.2) is 0 Å². The summed E-state index contributed by atoms with van der Waals surface area (Å²) in [6.07, 6.45) is 1.07. The van der Waals surface area contributed by atoms with Gasteiger partial charge in [-0.3, -0.25) is 0 Å². The summed E-state index contributed by atoms with van der Waals surface area (Å²) in [5, 5.41) is 3.42. The van der Waals surface area contributed by atoms with Crippen LogP contribution in [0.3, 0.4) is 0 Å². The van der Waals surface area contributed by atoms with Crippen LogP contribution >= 0.6 is 11.6 Å². The first-order valence-electron chi connectivity index (χ1n) is 6.62. The highest BCUT2D eigenvalue weighted by Gasteiger charge is 2.38. The highest BCUT2D eigenvalue weighted by atomic mass is 35.5. The molecule has 6 heteroatoms. The average Bonchev–Trinajstić information content (AvgIpc) is 3.19. The van der Waals surface area contributed by atoms with E-state index in [1.165, 1.54) is 5.56 Å². The van der Waals surface area contributed by atoms with E-state index < -0.39 is 0 Å². The molecule has 1 aliphatic rings. The van der Waals surface area contributed by atoms with Crippen LogP contribution < -0.4 is 10.1 Å². The predicted molar refractivity (Wildman–Crippen MR) is 77.2 cm³/mol. The number of aromatic nitrogens is 3. The molecule has 1 fully saturated rings. The summed E-state index contributed by atoms with van der Waals surface area (Å²) in [5.41, 5.74) is 1.33. The molecule has 1 aromatic heterocycles. The van der Waals surface area contributed by atoms with Crippen LogP contribution in [0.2, 0.25) is 5.28 Å². The molecule has 3 rings (SSSR count). The number of nitrogens with zero attached hydrogens (tertiary/aromatic N) is 3. The molecule has 1 aliphatic carbocycles. The van der Waals surface area contributed by atoms with Crippen molar-refractivity contribution in [2.24, 2.45) is 0 Å². The monoisotopic (exact) mass is 290 g/mol. The van der Waals surface area contributed by atoms with Gasteiger partial charge in [-0.1, -0.05) is 30.3 Å². The summed E-state index contributed by atoms with van der Waals surface area (Å²) < 4.78 is 5.25. The third-order valence-electron chi connectivity index (χ3n) is 3.19. The van der Waals surface area contributed by atoms with E-state index in [1.54, 1.807) is 0 Å². The van der Waals surface area contributed by atoms with E-state index in [0.29, 0.717) is 24.5 Å². The fraction of sp³-hybridized carbons (Fsp3) is 0.357. The lowest BCUT2D eigenvalue weighted by molar-refractivity contribution is 0.312. The minimum Gasteiger partial charge on any atom is -0.464 e. The predicted octanol–water partition coefficient (Wildman–Crippen LogP) is 2.89. The molecule has 20 heavy (non-hydrogen) atoms. The second kappa shape index (κ2) is 5.63. The van der Waals surface area contributed by atoms with Crippen molar-refractivity contribution in [3.05, 3.63) is 41.2 Å². The fourth-order valence-electron chi connectivity index (χ4n) is 2.18. The summed E-state index contributed by atoms with van der Waals surface area (Å²) >= 11 is 5.86. The molecule has 0 spiro atoms. The molecular weight excluding hydrogens is 276 g/mol. The molecule has 0 amide bonds. The Balaban J connectivity index is 1.68. The number of nitrogens with one attached hydrogen (secondary N) is 1. The Morgan fingerprint density at radius 1 is 1.25 bits per heavy atom. The van der Waals surface area contributed by atoms with Gasteiger partial charge < -0.3 is 10.1 Å². The molecule has 0 saturated heterocycles. The molecule has 2 atom stereocenters.